The molecule has 1 atom stereocenters. The number of aliphatic carboxylic acids is 1. The molecule has 0 aliphatic carbocycles. The van der Waals surface area contributed by atoms with Gasteiger partial charge in [-0.15, -0.1) is 0 Å². The third-order valence-electron chi connectivity index (χ3n) is 1.44. The third-order valence-corrected chi connectivity index (χ3v) is 2.34. The van der Waals surface area contributed by atoms with Crippen molar-refractivity contribution in [1.82, 2.24) is 5.32 Å². The van der Waals surface area contributed by atoms with Crippen molar-refractivity contribution in [3.8, 4) is 0 Å². The third kappa shape index (κ3) is 3.13. The van der Waals surface area contributed by atoms with Gasteiger partial charge in [-0.1, -0.05) is 11.8 Å². The smallest absolute Gasteiger partial charge is 0.305 e. The predicted octanol–water partition coefficient (Wildman–Crippen LogP) is 0.542. The normalized spacial score (nSPS) is 18.6. The lowest BCUT2D eigenvalue weighted by Gasteiger charge is -2.11. The second-order valence-corrected chi connectivity index (χ2v) is 3.76. The standard InChI is InChI=1S/C7H12N2O2S/c1-5(4-6(10)11)9-7-8-2-3-12-7/h5H,2-4H2,1H3,(H,8,9)(H,10,11). The maximum absolute atomic E-state index is 10.3. The fraction of sp³-hybridized carbons (Fsp3) is 0.714. The average molecular weight is 188 g/mol. The number of nitrogens with one attached hydrogen (secondary N) is 1. The van der Waals surface area contributed by atoms with Gasteiger partial charge in [0.25, 0.3) is 0 Å². The minimum absolute atomic E-state index is 0.0353. The van der Waals surface area contributed by atoms with E-state index in [1.807, 2.05) is 6.92 Å². The molecule has 1 aliphatic heterocycles. The fourth-order valence-corrected chi connectivity index (χ4v) is 1.79. The summed E-state index contributed by atoms with van der Waals surface area (Å²) in [6.07, 6.45) is 0.138. The first kappa shape index (κ1) is 9.38. The van der Waals surface area contributed by atoms with Crippen LogP contribution in [0, 0.1) is 0 Å². The molecule has 0 fully saturated rings. The van der Waals surface area contributed by atoms with Crippen LogP contribution in [0.4, 0.5) is 0 Å². The van der Waals surface area contributed by atoms with Crippen LogP contribution in [0.2, 0.25) is 0 Å². The van der Waals surface area contributed by atoms with Crippen LogP contribution in [0.5, 0.6) is 0 Å². The van der Waals surface area contributed by atoms with Crippen molar-refractivity contribution >= 4 is 22.9 Å². The lowest BCUT2D eigenvalue weighted by Crippen LogP contribution is -2.31. The molecular formula is C7H12N2O2S. The number of amidine groups is 1. The molecule has 2 N–H and O–H groups in total. The highest BCUT2D eigenvalue weighted by Crippen LogP contribution is 2.09. The van der Waals surface area contributed by atoms with Crippen LogP contribution in [0.25, 0.3) is 0 Å². The predicted molar refractivity (Wildman–Crippen MR) is 49.6 cm³/mol. The summed E-state index contributed by atoms with van der Waals surface area (Å²) in [5.41, 5.74) is 0. The van der Waals surface area contributed by atoms with Crippen molar-refractivity contribution in [1.29, 1.82) is 0 Å². The molecule has 0 aromatic rings. The molecule has 0 aromatic heterocycles. The highest BCUT2D eigenvalue weighted by Gasteiger charge is 2.12. The van der Waals surface area contributed by atoms with Gasteiger partial charge >= 0.3 is 5.97 Å². The van der Waals surface area contributed by atoms with Gasteiger partial charge in [0.2, 0.25) is 0 Å². The van der Waals surface area contributed by atoms with Gasteiger partial charge in [-0.3, -0.25) is 9.79 Å². The summed E-state index contributed by atoms with van der Waals surface area (Å²) >= 11 is 1.64. The first-order valence-electron chi connectivity index (χ1n) is 3.84. The number of hydrogen-bond acceptors (Lipinski definition) is 4. The van der Waals surface area contributed by atoms with E-state index < -0.39 is 5.97 Å². The lowest BCUT2D eigenvalue weighted by atomic mass is 10.2. The van der Waals surface area contributed by atoms with E-state index in [-0.39, 0.29) is 12.5 Å². The zero-order valence-corrected chi connectivity index (χ0v) is 7.73. The first-order valence-corrected chi connectivity index (χ1v) is 4.82. The molecule has 1 heterocycles. The molecule has 68 valence electrons. The SMILES string of the molecule is CC(CC(=O)O)NC1=NCCS1. The summed E-state index contributed by atoms with van der Waals surface area (Å²) in [4.78, 5) is 14.5. The maximum Gasteiger partial charge on any atom is 0.305 e. The van der Waals surface area contributed by atoms with Crippen molar-refractivity contribution in [2.45, 2.75) is 19.4 Å². The van der Waals surface area contributed by atoms with Crippen LogP contribution < -0.4 is 5.32 Å². The Labute approximate surface area is 75.4 Å². The second kappa shape index (κ2) is 4.35. The van der Waals surface area contributed by atoms with Crippen LogP contribution in [0.3, 0.4) is 0 Å². The Morgan fingerprint density at radius 3 is 3.17 bits per heavy atom. The fourth-order valence-electron chi connectivity index (χ4n) is 0.946. The summed E-state index contributed by atoms with van der Waals surface area (Å²) in [7, 11) is 0. The van der Waals surface area contributed by atoms with E-state index in [0.29, 0.717) is 0 Å². The van der Waals surface area contributed by atoms with Gasteiger partial charge in [-0.2, -0.15) is 0 Å². The van der Waals surface area contributed by atoms with E-state index >= 15 is 0 Å². The average Bonchev–Trinajstić information content (AvgIpc) is 2.37. The van der Waals surface area contributed by atoms with Gasteiger partial charge in [-0.05, 0) is 6.92 Å². The number of hydrogen-bond donors (Lipinski definition) is 2. The lowest BCUT2D eigenvalue weighted by molar-refractivity contribution is -0.137. The molecule has 4 nitrogen and oxygen atoms in total. The van der Waals surface area contributed by atoms with E-state index in [9.17, 15) is 4.79 Å². The Kier molecular flexibility index (Phi) is 3.40. The first-order chi connectivity index (χ1) is 5.68. The van der Waals surface area contributed by atoms with E-state index in [2.05, 4.69) is 10.3 Å². The van der Waals surface area contributed by atoms with E-state index in [1.54, 1.807) is 11.8 Å². The minimum atomic E-state index is -0.779. The maximum atomic E-state index is 10.3. The van der Waals surface area contributed by atoms with Gasteiger partial charge in [0.05, 0.1) is 13.0 Å². The molecular weight excluding hydrogens is 176 g/mol. The molecule has 0 bridgehead atoms. The van der Waals surface area contributed by atoms with E-state index in [0.717, 1.165) is 17.5 Å². The second-order valence-electron chi connectivity index (χ2n) is 2.68. The number of carboxylic acids is 1. The molecule has 1 unspecified atom stereocenters. The highest BCUT2D eigenvalue weighted by atomic mass is 32.2. The van der Waals surface area contributed by atoms with Crippen LogP contribution >= 0.6 is 11.8 Å². The Bertz CT molecular complexity index is 206. The van der Waals surface area contributed by atoms with E-state index in [4.69, 9.17) is 5.11 Å². The minimum Gasteiger partial charge on any atom is -0.481 e. The molecule has 0 spiro atoms. The van der Waals surface area contributed by atoms with E-state index in [1.165, 1.54) is 0 Å². The molecule has 0 saturated carbocycles. The van der Waals surface area contributed by atoms with Crippen molar-refractivity contribution in [2.75, 3.05) is 12.3 Å². The molecule has 5 heteroatoms. The van der Waals surface area contributed by atoms with Gasteiger partial charge < -0.3 is 10.4 Å². The van der Waals surface area contributed by atoms with Gasteiger partial charge in [0, 0.05) is 11.8 Å². The Hall–Kier alpha value is -0.710. The number of carbonyl (C=O) groups is 1. The molecule has 12 heavy (non-hydrogen) atoms. The largest absolute Gasteiger partial charge is 0.481 e. The van der Waals surface area contributed by atoms with Crippen LogP contribution in [0.15, 0.2) is 4.99 Å². The number of aliphatic imine (C=N–C) groups is 1. The summed E-state index contributed by atoms with van der Waals surface area (Å²) < 4.78 is 0. The van der Waals surface area contributed by atoms with Crippen LogP contribution in [0.1, 0.15) is 13.3 Å². The monoisotopic (exact) mass is 188 g/mol. The molecule has 0 saturated heterocycles. The van der Waals surface area contributed by atoms with Crippen molar-refractivity contribution < 1.29 is 9.90 Å². The molecule has 0 amide bonds. The number of thioether (sulfide) groups is 1. The van der Waals surface area contributed by atoms with Crippen LogP contribution in [-0.2, 0) is 4.79 Å². The molecule has 1 aliphatic rings. The topological polar surface area (TPSA) is 61.7 Å². The highest BCUT2D eigenvalue weighted by molar-refractivity contribution is 8.14. The summed E-state index contributed by atoms with van der Waals surface area (Å²) in [6.45, 7) is 2.68. The number of nitrogens with zero attached hydrogens (tertiary/aromatic N) is 1. The van der Waals surface area contributed by atoms with Crippen molar-refractivity contribution in [3.05, 3.63) is 0 Å². The van der Waals surface area contributed by atoms with Gasteiger partial charge in [0.15, 0.2) is 5.17 Å². The summed E-state index contributed by atoms with van der Waals surface area (Å²) in [5, 5.41) is 12.4. The van der Waals surface area contributed by atoms with Crippen LogP contribution in [-0.4, -0.2) is 34.6 Å². The molecule has 0 radical (unpaired) electrons. The van der Waals surface area contributed by atoms with Crippen molar-refractivity contribution in [2.24, 2.45) is 4.99 Å². The Morgan fingerprint density at radius 2 is 2.67 bits per heavy atom. The molecule has 1 rings (SSSR count). The Morgan fingerprint density at radius 1 is 1.92 bits per heavy atom. The zero-order valence-electron chi connectivity index (χ0n) is 6.91. The molecule has 0 aromatic carbocycles. The van der Waals surface area contributed by atoms with Crippen molar-refractivity contribution in [3.63, 3.8) is 0 Å². The number of carboxylic acid groups (broad SMARTS) is 1. The zero-order chi connectivity index (χ0) is 8.97. The van der Waals surface area contributed by atoms with Gasteiger partial charge in [0.1, 0.15) is 0 Å². The quantitative estimate of drug-likeness (QED) is 0.678. The summed E-state index contributed by atoms with van der Waals surface area (Å²) in [5.74, 6) is 0.223. The number of rotatable bonds is 3. The Balaban J connectivity index is 2.25. The summed E-state index contributed by atoms with van der Waals surface area (Å²) in [6, 6.07) is -0.0353. The van der Waals surface area contributed by atoms with Gasteiger partial charge in [-0.25, -0.2) is 0 Å².